The van der Waals surface area contributed by atoms with Crippen molar-refractivity contribution < 1.29 is 22.7 Å². The largest absolute Gasteiger partial charge is 0.383 e. The predicted molar refractivity (Wildman–Crippen MR) is 111 cm³/mol. The molecule has 8 nitrogen and oxygen atoms in total. The molecule has 0 aliphatic carbocycles. The van der Waals surface area contributed by atoms with Crippen molar-refractivity contribution in [2.75, 3.05) is 30.3 Å². The molecule has 3 N–H and O–H groups in total. The fraction of sp³-hybridized carbons (Fsp3) is 0.300. The molecule has 2 aromatic carbocycles. The molecule has 156 valence electrons. The van der Waals surface area contributed by atoms with Crippen LogP contribution in [0.2, 0.25) is 0 Å². The van der Waals surface area contributed by atoms with Crippen LogP contribution in [0.15, 0.2) is 47.4 Å². The first-order valence-corrected chi connectivity index (χ1v) is 10.4. The zero-order valence-corrected chi connectivity index (χ0v) is 17.4. The highest BCUT2D eigenvalue weighted by molar-refractivity contribution is 7.92. The molecule has 2 aromatic rings. The average molecular weight is 420 g/mol. The van der Waals surface area contributed by atoms with Crippen LogP contribution in [0.25, 0.3) is 0 Å². The molecule has 0 unspecified atom stereocenters. The fourth-order valence-electron chi connectivity index (χ4n) is 2.67. The molecule has 2 amide bonds. The maximum absolute atomic E-state index is 12.7. The number of aryl methyl sites for hydroxylation is 1. The Morgan fingerprint density at radius 2 is 1.69 bits per heavy atom. The summed E-state index contributed by atoms with van der Waals surface area (Å²) < 4.78 is 32.8. The summed E-state index contributed by atoms with van der Waals surface area (Å²) in [5, 5.41) is 5.35. The van der Waals surface area contributed by atoms with Crippen molar-refractivity contribution in [1.82, 2.24) is 5.32 Å². The summed E-state index contributed by atoms with van der Waals surface area (Å²) >= 11 is 0. The number of ether oxygens (including phenoxy) is 1. The van der Waals surface area contributed by atoms with Crippen molar-refractivity contribution >= 4 is 33.2 Å². The summed E-state index contributed by atoms with van der Waals surface area (Å²) in [5.74, 6) is -0.365. The van der Waals surface area contributed by atoms with Crippen molar-refractivity contribution in [3.8, 4) is 0 Å². The van der Waals surface area contributed by atoms with Gasteiger partial charge in [0.1, 0.15) is 0 Å². The summed E-state index contributed by atoms with van der Waals surface area (Å²) in [7, 11) is -2.24. The lowest BCUT2D eigenvalue weighted by atomic mass is 10.1. The van der Waals surface area contributed by atoms with Crippen LogP contribution in [-0.4, -0.2) is 40.5 Å². The lowest BCUT2D eigenvalue weighted by molar-refractivity contribution is -0.120. The van der Waals surface area contributed by atoms with Crippen molar-refractivity contribution in [3.05, 3.63) is 53.6 Å². The molecule has 0 saturated heterocycles. The Hall–Kier alpha value is -2.91. The van der Waals surface area contributed by atoms with Gasteiger partial charge in [0.2, 0.25) is 11.8 Å². The Labute approximate surface area is 170 Å². The Bertz CT molecular complexity index is 972. The third kappa shape index (κ3) is 6.88. The van der Waals surface area contributed by atoms with E-state index in [1.54, 1.807) is 44.4 Å². The van der Waals surface area contributed by atoms with Crippen LogP contribution in [0.1, 0.15) is 18.1 Å². The number of nitrogens with one attached hydrogen (secondary N) is 3. The van der Waals surface area contributed by atoms with Gasteiger partial charge in [-0.15, -0.1) is 0 Å². The number of anilines is 2. The van der Waals surface area contributed by atoms with Crippen LogP contribution in [0.5, 0.6) is 0 Å². The second-order valence-corrected chi connectivity index (χ2v) is 8.13. The van der Waals surface area contributed by atoms with E-state index in [1.807, 2.05) is 0 Å². The molecule has 2 rings (SSSR count). The number of methoxy groups -OCH3 is 1. The van der Waals surface area contributed by atoms with Crippen LogP contribution >= 0.6 is 0 Å². The SMILES string of the molecule is COCCNC(=O)Cc1ccc(NS(=O)(=O)c2ccc(NC(C)=O)cc2C)cc1. The van der Waals surface area contributed by atoms with E-state index >= 15 is 0 Å². The minimum Gasteiger partial charge on any atom is -0.383 e. The molecule has 0 aliphatic rings. The van der Waals surface area contributed by atoms with Crippen LogP contribution in [-0.2, 0) is 30.8 Å². The monoisotopic (exact) mass is 419 g/mol. The first-order valence-electron chi connectivity index (χ1n) is 8.97. The number of benzene rings is 2. The van der Waals surface area contributed by atoms with E-state index in [0.717, 1.165) is 5.56 Å². The maximum Gasteiger partial charge on any atom is 0.262 e. The summed E-state index contributed by atoms with van der Waals surface area (Å²) in [6.45, 7) is 3.92. The fourth-order valence-corrected chi connectivity index (χ4v) is 3.96. The summed E-state index contributed by atoms with van der Waals surface area (Å²) in [6, 6.07) is 11.2. The number of rotatable bonds is 9. The molecule has 0 saturated carbocycles. The predicted octanol–water partition coefficient (Wildman–Crippen LogP) is 2.06. The quantitative estimate of drug-likeness (QED) is 0.539. The highest BCUT2D eigenvalue weighted by Gasteiger charge is 2.17. The van der Waals surface area contributed by atoms with Gasteiger partial charge in [-0.25, -0.2) is 8.42 Å². The molecule has 0 atom stereocenters. The minimum absolute atomic E-state index is 0.119. The molecule has 29 heavy (non-hydrogen) atoms. The zero-order valence-electron chi connectivity index (χ0n) is 16.6. The minimum atomic E-state index is -3.80. The highest BCUT2D eigenvalue weighted by atomic mass is 32.2. The van der Waals surface area contributed by atoms with E-state index < -0.39 is 10.0 Å². The first-order chi connectivity index (χ1) is 13.7. The van der Waals surface area contributed by atoms with Crippen LogP contribution in [0, 0.1) is 6.92 Å². The molecule has 0 heterocycles. The van der Waals surface area contributed by atoms with Crippen LogP contribution in [0.3, 0.4) is 0 Å². The van der Waals surface area contributed by atoms with Gasteiger partial charge in [0.05, 0.1) is 17.9 Å². The second-order valence-electron chi connectivity index (χ2n) is 6.48. The van der Waals surface area contributed by atoms with Gasteiger partial charge in [0.15, 0.2) is 0 Å². The van der Waals surface area contributed by atoms with Crippen molar-refractivity contribution in [2.24, 2.45) is 0 Å². The van der Waals surface area contributed by atoms with Gasteiger partial charge in [-0.1, -0.05) is 12.1 Å². The van der Waals surface area contributed by atoms with Gasteiger partial charge in [-0.3, -0.25) is 14.3 Å². The first kappa shape index (κ1) is 22.4. The van der Waals surface area contributed by atoms with Gasteiger partial charge >= 0.3 is 0 Å². The van der Waals surface area contributed by atoms with Gasteiger partial charge in [-0.2, -0.15) is 0 Å². The van der Waals surface area contributed by atoms with E-state index in [1.165, 1.54) is 19.1 Å². The zero-order chi connectivity index (χ0) is 21.4. The number of hydrogen-bond donors (Lipinski definition) is 3. The van der Waals surface area contributed by atoms with Crippen molar-refractivity contribution in [1.29, 1.82) is 0 Å². The van der Waals surface area contributed by atoms with Crippen molar-refractivity contribution in [2.45, 2.75) is 25.2 Å². The smallest absolute Gasteiger partial charge is 0.262 e. The average Bonchev–Trinajstić information content (AvgIpc) is 2.62. The van der Waals surface area contributed by atoms with Crippen LogP contribution in [0.4, 0.5) is 11.4 Å². The molecule has 0 bridgehead atoms. The van der Waals surface area contributed by atoms with Gasteiger partial charge in [-0.05, 0) is 48.4 Å². The molecule has 0 aromatic heterocycles. The van der Waals surface area contributed by atoms with E-state index in [0.29, 0.717) is 30.1 Å². The highest BCUT2D eigenvalue weighted by Crippen LogP contribution is 2.22. The van der Waals surface area contributed by atoms with E-state index in [2.05, 4.69) is 15.4 Å². The lowest BCUT2D eigenvalue weighted by Crippen LogP contribution is -2.28. The Kier molecular flexibility index (Phi) is 7.74. The number of hydrogen-bond acceptors (Lipinski definition) is 5. The summed E-state index contributed by atoms with van der Waals surface area (Å²) in [5.41, 5.74) is 2.19. The second kappa shape index (κ2) is 10.0. The van der Waals surface area contributed by atoms with E-state index in [4.69, 9.17) is 4.74 Å². The standard InChI is InChI=1S/C20H25N3O5S/c1-14-12-18(22-15(2)24)8-9-19(14)29(26,27)23-17-6-4-16(5-7-17)13-20(25)21-10-11-28-3/h4-9,12,23H,10-11,13H2,1-3H3,(H,21,25)(H,22,24). The van der Waals surface area contributed by atoms with Gasteiger partial charge in [0, 0.05) is 32.0 Å². The van der Waals surface area contributed by atoms with E-state index in [9.17, 15) is 18.0 Å². The third-order valence-electron chi connectivity index (χ3n) is 3.98. The molecule has 0 radical (unpaired) electrons. The Morgan fingerprint density at radius 1 is 1.03 bits per heavy atom. The molecule has 0 aliphatic heterocycles. The number of sulfonamides is 1. The van der Waals surface area contributed by atoms with Gasteiger partial charge in [0.25, 0.3) is 10.0 Å². The van der Waals surface area contributed by atoms with E-state index in [-0.39, 0.29) is 23.1 Å². The topological polar surface area (TPSA) is 114 Å². The molecular weight excluding hydrogens is 394 g/mol. The number of amides is 2. The molecule has 0 fully saturated rings. The molecular formula is C20H25N3O5S. The lowest BCUT2D eigenvalue weighted by Gasteiger charge is -2.12. The van der Waals surface area contributed by atoms with Crippen molar-refractivity contribution in [3.63, 3.8) is 0 Å². The normalized spacial score (nSPS) is 11.0. The maximum atomic E-state index is 12.7. The molecule has 9 heteroatoms. The van der Waals surface area contributed by atoms with Crippen LogP contribution < -0.4 is 15.4 Å². The Balaban J connectivity index is 2.05. The summed E-state index contributed by atoms with van der Waals surface area (Å²) in [6.07, 6.45) is 0.195. The Morgan fingerprint density at radius 3 is 2.28 bits per heavy atom. The summed E-state index contributed by atoms with van der Waals surface area (Å²) in [4.78, 5) is 23.1. The number of carbonyl (C=O) groups is 2. The van der Waals surface area contributed by atoms with Gasteiger partial charge < -0.3 is 15.4 Å². The number of carbonyl (C=O) groups excluding carboxylic acids is 2. The molecule has 0 spiro atoms. The third-order valence-corrected chi connectivity index (χ3v) is 5.53.